The lowest BCUT2D eigenvalue weighted by molar-refractivity contribution is -0.166. The van der Waals surface area contributed by atoms with Crippen molar-refractivity contribution in [3.05, 3.63) is 70.0 Å². The second-order valence-corrected chi connectivity index (χ2v) is 17.8. The molecule has 42 heavy (non-hydrogen) atoms. The molecule has 3 aromatic rings. The molecule has 6 aliphatic rings. The van der Waals surface area contributed by atoms with Crippen LogP contribution in [0.15, 0.2) is 64.5 Å². The number of aliphatic hydroxyl groups excluding tert-OH is 1. The number of thiophene rings is 1. The van der Waals surface area contributed by atoms with Gasteiger partial charge in [0, 0.05) is 32.4 Å². The van der Waals surface area contributed by atoms with Gasteiger partial charge in [0.25, 0.3) is 0 Å². The number of carbonyl (C=O) groups is 1. The first-order chi connectivity index (χ1) is 20.0. The molecule has 2 aromatic heterocycles. The summed E-state index contributed by atoms with van der Waals surface area (Å²) in [7, 11) is 0. The van der Waals surface area contributed by atoms with E-state index in [0.29, 0.717) is 18.1 Å². The number of ketones is 1. The van der Waals surface area contributed by atoms with Crippen molar-refractivity contribution in [3.8, 4) is 0 Å². The lowest BCUT2D eigenvalue weighted by Gasteiger charge is -2.71. The first kappa shape index (κ1) is 27.8. The van der Waals surface area contributed by atoms with Crippen molar-refractivity contribution >= 4 is 50.4 Å². The van der Waals surface area contributed by atoms with Gasteiger partial charge in [-0.2, -0.15) is 0 Å². The van der Waals surface area contributed by atoms with E-state index >= 15 is 0 Å². The molecule has 3 saturated carbocycles. The zero-order chi connectivity index (χ0) is 29.1. The number of aryl methyl sites for hydroxylation is 1. The van der Waals surface area contributed by atoms with Crippen LogP contribution in [0, 0.1) is 40.4 Å². The number of thioether (sulfide) groups is 1. The number of benzene rings is 1. The average Bonchev–Trinajstić information content (AvgIpc) is 3.67. The topological polar surface area (TPSA) is 70.4 Å². The highest BCUT2D eigenvalue weighted by Gasteiger charge is 2.74. The Hall–Kier alpha value is -1.77. The third-order valence-electron chi connectivity index (χ3n) is 12.6. The molecule has 0 amide bonds. The van der Waals surface area contributed by atoms with Crippen molar-refractivity contribution in [3.63, 3.8) is 0 Å². The van der Waals surface area contributed by atoms with Gasteiger partial charge in [0.1, 0.15) is 0 Å². The molecule has 0 radical (unpaired) electrons. The highest BCUT2D eigenvalue weighted by Crippen LogP contribution is 2.78. The van der Waals surface area contributed by atoms with E-state index in [1.165, 1.54) is 4.70 Å². The van der Waals surface area contributed by atoms with Gasteiger partial charge in [-0.05, 0) is 93.4 Å². The molecule has 9 rings (SSSR count). The summed E-state index contributed by atoms with van der Waals surface area (Å²) in [4.78, 5) is 21.3. The first-order valence-corrected chi connectivity index (χ1v) is 18.1. The molecule has 1 aromatic carbocycles. The molecule has 2 spiro atoms. The van der Waals surface area contributed by atoms with Crippen LogP contribution >= 0.6 is 34.4 Å². The van der Waals surface area contributed by atoms with Crippen molar-refractivity contribution < 1.29 is 15.0 Å². The quantitative estimate of drug-likeness (QED) is 0.171. The number of aliphatic hydroxyl groups is 2. The largest absolute Gasteiger partial charge is 0.393 e. The zero-order valence-electron chi connectivity index (χ0n) is 24.6. The fourth-order valence-corrected chi connectivity index (χ4v) is 13.6. The van der Waals surface area contributed by atoms with Crippen LogP contribution < -0.4 is 0 Å². The van der Waals surface area contributed by atoms with E-state index in [9.17, 15) is 15.0 Å². The first-order valence-electron chi connectivity index (χ1n) is 15.5. The van der Waals surface area contributed by atoms with Crippen molar-refractivity contribution in [1.29, 1.82) is 0 Å². The Kier molecular flexibility index (Phi) is 6.04. The SMILES string of the molecule is Cc1ccc(C(=O)C2=CC34C=CC25C(CCC2(C)C5CCC2(O)CSc2nc5ccccc5s2)C3(C)CCC(O)C4)s1. The van der Waals surface area contributed by atoms with Gasteiger partial charge in [-0.1, -0.05) is 56.0 Å². The molecular formula is C35H39NO3S3. The Morgan fingerprint density at radius 1 is 1.00 bits per heavy atom. The normalized spacial score (nSPS) is 41.8. The molecule has 4 nitrogen and oxygen atoms in total. The molecule has 2 bridgehead atoms. The standard InChI is InChI=1S/C35H39NO3S3/c1-21-8-9-26(41-21)29(38)23-19-33-16-17-35(23)27(31(33,2)13-10-22(37)18-33)11-14-32(3)28(35)12-15-34(32,39)20-40-30-36-24-6-4-5-7-25(24)42-30/h4-9,16-17,19,22,27-28,37,39H,10-15,18,20H2,1-3H3. The van der Waals surface area contributed by atoms with E-state index in [1.807, 2.05) is 12.1 Å². The van der Waals surface area contributed by atoms with Gasteiger partial charge in [0.2, 0.25) is 0 Å². The molecule has 8 atom stereocenters. The summed E-state index contributed by atoms with van der Waals surface area (Å²) < 4.78 is 2.20. The van der Waals surface area contributed by atoms with Gasteiger partial charge in [-0.3, -0.25) is 4.79 Å². The fraction of sp³-hybridized carbons (Fsp3) is 0.543. The lowest BCUT2D eigenvalue weighted by atomic mass is 9.33. The Balaban J connectivity index is 1.21. The van der Waals surface area contributed by atoms with Crippen molar-refractivity contribution in [2.45, 2.75) is 81.8 Å². The summed E-state index contributed by atoms with van der Waals surface area (Å²) in [6, 6.07) is 12.3. The number of para-hydroxylation sites is 1. The Labute approximate surface area is 260 Å². The third kappa shape index (κ3) is 3.49. The van der Waals surface area contributed by atoms with E-state index in [1.54, 1.807) is 34.4 Å². The van der Waals surface area contributed by atoms with E-state index in [0.717, 1.165) is 63.7 Å². The smallest absolute Gasteiger partial charge is 0.199 e. The Morgan fingerprint density at radius 3 is 2.55 bits per heavy atom. The number of fused-ring (bicyclic) bond motifs is 2. The molecule has 2 heterocycles. The number of hydrogen-bond donors (Lipinski definition) is 2. The van der Waals surface area contributed by atoms with Gasteiger partial charge in [-0.25, -0.2) is 4.98 Å². The molecule has 3 fully saturated rings. The highest BCUT2D eigenvalue weighted by atomic mass is 32.2. The molecule has 7 heteroatoms. The number of rotatable bonds is 5. The minimum absolute atomic E-state index is 0.00604. The van der Waals surface area contributed by atoms with Crippen molar-refractivity contribution in [2.75, 3.05) is 5.75 Å². The molecular weight excluding hydrogens is 579 g/mol. The molecule has 2 N–H and O–H groups in total. The predicted octanol–water partition coefficient (Wildman–Crippen LogP) is 8.23. The van der Waals surface area contributed by atoms with Crippen molar-refractivity contribution in [1.82, 2.24) is 4.98 Å². The minimum atomic E-state index is -0.836. The van der Waals surface area contributed by atoms with Gasteiger partial charge in [0.15, 0.2) is 10.1 Å². The van der Waals surface area contributed by atoms with Gasteiger partial charge >= 0.3 is 0 Å². The second kappa shape index (κ2) is 9.13. The average molecular weight is 618 g/mol. The van der Waals surface area contributed by atoms with E-state index < -0.39 is 11.0 Å². The summed E-state index contributed by atoms with van der Waals surface area (Å²) >= 11 is 4.99. The number of Topliss-reactive ketones (excluding diaryl/α,β-unsaturated/α-hetero) is 1. The summed E-state index contributed by atoms with van der Waals surface area (Å²) in [5.41, 5.74) is 0.121. The number of aromatic nitrogens is 1. The third-order valence-corrected chi connectivity index (χ3v) is 16.0. The molecule has 0 saturated heterocycles. The van der Waals surface area contributed by atoms with Crippen LogP contribution in [0.5, 0.6) is 0 Å². The molecule has 6 aliphatic carbocycles. The van der Waals surface area contributed by atoms with Crippen LogP contribution in [-0.4, -0.2) is 38.4 Å². The Morgan fingerprint density at radius 2 is 1.76 bits per heavy atom. The van der Waals surface area contributed by atoms with Gasteiger partial charge < -0.3 is 10.2 Å². The maximum Gasteiger partial charge on any atom is 0.199 e. The van der Waals surface area contributed by atoms with Crippen molar-refractivity contribution in [2.24, 2.45) is 33.5 Å². The summed E-state index contributed by atoms with van der Waals surface area (Å²) in [6.07, 6.45) is 12.9. The van der Waals surface area contributed by atoms with Crippen LogP contribution in [0.1, 0.15) is 73.3 Å². The number of carbonyl (C=O) groups excluding carboxylic acids is 1. The van der Waals surface area contributed by atoms with Crippen LogP contribution in [0.3, 0.4) is 0 Å². The summed E-state index contributed by atoms with van der Waals surface area (Å²) in [6.45, 7) is 6.83. The van der Waals surface area contributed by atoms with Gasteiger partial charge in [-0.15, -0.1) is 22.7 Å². The molecule has 0 aliphatic heterocycles. The number of thiazole rings is 1. The predicted molar refractivity (Wildman–Crippen MR) is 172 cm³/mol. The van der Waals surface area contributed by atoms with E-state index in [2.05, 4.69) is 63.3 Å². The van der Waals surface area contributed by atoms with E-state index in [4.69, 9.17) is 4.98 Å². The fourth-order valence-electron chi connectivity index (χ4n) is 10.4. The van der Waals surface area contributed by atoms with Crippen LogP contribution in [0.2, 0.25) is 0 Å². The number of hydrogen-bond acceptors (Lipinski definition) is 7. The second-order valence-electron chi connectivity index (χ2n) is 14.3. The highest BCUT2D eigenvalue weighted by molar-refractivity contribution is 8.01. The zero-order valence-corrected chi connectivity index (χ0v) is 27.0. The number of nitrogens with zero attached hydrogens (tertiary/aromatic N) is 1. The number of allylic oxidation sites excluding steroid dienone is 4. The summed E-state index contributed by atoms with van der Waals surface area (Å²) in [5.74, 6) is 1.28. The Bertz CT molecular complexity index is 1640. The maximum absolute atomic E-state index is 14.5. The van der Waals surface area contributed by atoms with Gasteiger partial charge in [0.05, 0.1) is 26.8 Å². The summed E-state index contributed by atoms with van der Waals surface area (Å²) in [5, 5.41) is 23.5. The minimum Gasteiger partial charge on any atom is -0.393 e. The lowest BCUT2D eigenvalue weighted by Crippen LogP contribution is -2.67. The monoisotopic (exact) mass is 617 g/mol. The molecule has 220 valence electrons. The maximum atomic E-state index is 14.5. The van der Waals surface area contributed by atoms with Crippen LogP contribution in [0.4, 0.5) is 0 Å². The van der Waals surface area contributed by atoms with E-state index in [-0.39, 0.29) is 34.1 Å². The van der Waals surface area contributed by atoms with Crippen LogP contribution in [-0.2, 0) is 0 Å². The van der Waals surface area contributed by atoms with Crippen LogP contribution in [0.25, 0.3) is 10.2 Å². The molecule has 8 unspecified atom stereocenters.